The maximum Gasteiger partial charge on any atom is 0.0979 e. The summed E-state index contributed by atoms with van der Waals surface area (Å²) in [6.45, 7) is 2.84. The van der Waals surface area contributed by atoms with Crippen LogP contribution in [0.2, 0.25) is 4.34 Å². The van der Waals surface area contributed by atoms with Crippen molar-refractivity contribution in [3.63, 3.8) is 0 Å². The number of thiophene rings is 1. The van der Waals surface area contributed by atoms with Crippen molar-refractivity contribution >= 4 is 22.9 Å². The lowest BCUT2D eigenvalue weighted by atomic mass is 9.97. The molecule has 3 heteroatoms. The molecule has 0 aliphatic heterocycles. The van der Waals surface area contributed by atoms with Crippen molar-refractivity contribution in [3.8, 4) is 0 Å². The number of aryl methyl sites for hydroxylation is 1. The van der Waals surface area contributed by atoms with E-state index in [4.69, 9.17) is 17.3 Å². The maximum absolute atomic E-state index is 6.12. The van der Waals surface area contributed by atoms with Crippen LogP contribution in [0.5, 0.6) is 0 Å². The molecule has 2 N–H and O–H groups in total. The minimum atomic E-state index is 0.598. The summed E-state index contributed by atoms with van der Waals surface area (Å²) in [4.78, 5) is 1.48. The number of hydrogen-bond donors (Lipinski definition) is 1. The molecule has 1 nitrogen and oxygen atoms in total. The summed E-state index contributed by atoms with van der Waals surface area (Å²) >= 11 is 7.86. The number of fused-ring (bicyclic) bond motifs is 1. The van der Waals surface area contributed by atoms with Crippen LogP contribution in [0.3, 0.4) is 0 Å². The van der Waals surface area contributed by atoms with E-state index in [1.807, 2.05) is 0 Å². The van der Waals surface area contributed by atoms with Gasteiger partial charge in [0, 0.05) is 11.4 Å². The number of hydrogen-bond acceptors (Lipinski definition) is 2. The van der Waals surface area contributed by atoms with E-state index in [9.17, 15) is 0 Å². The van der Waals surface area contributed by atoms with E-state index in [0.717, 1.165) is 10.3 Å². The second kappa shape index (κ2) is 3.60. The Hall–Kier alpha value is -0.0500. The van der Waals surface area contributed by atoms with Gasteiger partial charge < -0.3 is 5.73 Å². The fourth-order valence-corrected chi connectivity index (χ4v) is 3.82. The average Bonchev–Trinajstić information content (AvgIpc) is 2.62. The fourth-order valence-electron chi connectivity index (χ4n) is 2.21. The lowest BCUT2D eigenvalue weighted by Gasteiger charge is -2.08. The van der Waals surface area contributed by atoms with E-state index in [1.165, 1.54) is 35.3 Å². The Balaban J connectivity index is 2.47. The normalized spacial score (nSPS) is 20.7. The summed E-state index contributed by atoms with van der Waals surface area (Å²) in [6, 6.07) is 0. The van der Waals surface area contributed by atoms with E-state index in [2.05, 4.69) is 6.92 Å². The number of nitrogens with two attached hydrogens (primary N) is 1. The van der Waals surface area contributed by atoms with Gasteiger partial charge in [0.05, 0.1) is 4.34 Å². The first-order chi connectivity index (χ1) is 6.27. The quantitative estimate of drug-likeness (QED) is 0.805. The maximum atomic E-state index is 6.12. The first-order valence-corrected chi connectivity index (χ1v) is 5.97. The van der Waals surface area contributed by atoms with Crippen molar-refractivity contribution < 1.29 is 0 Å². The van der Waals surface area contributed by atoms with Crippen LogP contribution < -0.4 is 5.73 Å². The van der Waals surface area contributed by atoms with Gasteiger partial charge in [0.2, 0.25) is 0 Å². The van der Waals surface area contributed by atoms with Crippen LogP contribution >= 0.6 is 22.9 Å². The largest absolute Gasteiger partial charge is 0.326 e. The van der Waals surface area contributed by atoms with Crippen molar-refractivity contribution in [3.05, 3.63) is 20.3 Å². The smallest absolute Gasteiger partial charge is 0.0979 e. The third-order valence-electron chi connectivity index (χ3n) is 2.90. The zero-order chi connectivity index (χ0) is 9.42. The second-order valence-electron chi connectivity index (χ2n) is 3.54. The third kappa shape index (κ3) is 1.41. The molecule has 0 spiro atoms. The van der Waals surface area contributed by atoms with Gasteiger partial charge in [-0.2, -0.15) is 0 Å². The topological polar surface area (TPSA) is 26.0 Å². The summed E-state index contributed by atoms with van der Waals surface area (Å²) in [5.41, 5.74) is 8.41. The van der Waals surface area contributed by atoms with Crippen LogP contribution in [-0.2, 0) is 13.0 Å². The predicted molar refractivity (Wildman–Crippen MR) is 58.6 cm³/mol. The second-order valence-corrected chi connectivity index (χ2v) is 5.25. The third-order valence-corrected chi connectivity index (χ3v) is 4.46. The minimum Gasteiger partial charge on any atom is -0.326 e. The molecule has 1 aliphatic rings. The Bertz CT molecular complexity index is 319. The molecule has 0 amide bonds. The molecule has 13 heavy (non-hydrogen) atoms. The highest BCUT2D eigenvalue weighted by Crippen LogP contribution is 2.45. The van der Waals surface area contributed by atoms with Gasteiger partial charge in [0.15, 0.2) is 0 Å². The molecule has 1 aliphatic carbocycles. The first kappa shape index (κ1) is 9.50. The summed E-state index contributed by atoms with van der Waals surface area (Å²) in [5.74, 6) is 0.720. The van der Waals surface area contributed by atoms with Crippen molar-refractivity contribution in [2.24, 2.45) is 5.73 Å². The zero-order valence-corrected chi connectivity index (χ0v) is 9.34. The van der Waals surface area contributed by atoms with E-state index in [-0.39, 0.29) is 0 Å². The lowest BCUT2D eigenvalue weighted by Crippen LogP contribution is -2.01. The van der Waals surface area contributed by atoms with Crippen LogP contribution in [0.15, 0.2) is 0 Å². The molecule has 0 radical (unpaired) electrons. The molecule has 0 bridgehead atoms. The first-order valence-electron chi connectivity index (χ1n) is 4.77. The SMILES string of the molecule is CCC1CCc2sc(Cl)c(CN)c21. The van der Waals surface area contributed by atoms with Gasteiger partial charge in [-0.25, -0.2) is 0 Å². The van der Waals surface area contributed by atoms with Gasteiger partial charge in [-0.15, -0.1) is 11.3 Å². The summed E-state index contributed by atoms with van der Waals surface area (Å²) in [7, 11) is 0. The molecular formula is C10H14ClNS. The molecule has 1 heterocycles. The molecule has 1 unspecified atom stereocenters. The predicted octanol–water partition coefficient (Wildman–Crippen LogP) is 3.30. The zero-order valence-electron chi connectivity index (χ0n) is 7.77. The Morgan fingerprint density at radius 2 is 2.38 bits per heavy atom. The van der Waals surface area contributed by atoms with Crippen molar-refractivity contribution in [2.75, 3.05) is 0 Å². The van der Waals surface area contributed by atoms with Gasteiger partial charge in [-0.1, -0.05) is 18.5 Å². The van der Waals surface area contributed by atoms with E-state index in [1.54, 1.807) is 11.3 Å². The van der Waals surface area contributed by atoms with Crippen LogP contribution in [0.1, 0.15) is 41.7 Å². The Kier molecular flexibility index (Phi) is 2.63. The lowest BCUT2D eigenvalue weighted by molar-refractivity contribution is 0.651. The molecule has 0 aromatic carbocycles. The molecule has 0 saturated heterocycles. The molecular weight excluding hydrogens is 202 g/mol. The Labute approximate surface area is 87.9 Å². The van der Waals surface area contributed by atoms with Crippen molar-refractivity contribution in [2.45, 2.75) is 38.6 Å². The van der Waals surface area contributed by atoms with Gasteiger partial charge >= 0.3 is 0 Å². The summed E-state index contributed by atoms with van der Waals surface area (Å²) < 4.78 is 0.922. The molecule has 1 aromatic heterocycles. The minimum absolute atomic E-state index is 0.598. The van der Waals surface area contributed by atoms with E-state index < -0.39 is 0 Å². The summed E-state index contributed by atoms with van der Waals surface area (Å²) in [6.07, 6.45) is 3.72. The highest BCUT2D eigenvalue weighted by atomic mass is 35.5. The van der Waals surface area contributed by atoms with Gasteiger partial charge in [-0.05, 0) is 36.3 Å². The molecule has 0 saturated carbocycles. The summed E-state index contributed by atoms with van der Waals surface area (Å²) in [5, 5.41) is 0. The molecule has 0 fully saturated rings. The molecule has 1 atom stereocenters. The molecule has 72 valence electrons. The van der Waals surface area contributed by atoms with Gasteiger partial charge in [-0.3, -0.25) is 0 Å². The van der Waals surface area contributed by atoms with Crippen LogP contribution in [0, 0.1) is 0 Å². The standard InChI is InChI=1S/C10H14ClNS/c1-2-6-3-4-8-9(6)7(5-12)10(11)13-8/h6H,2-5,12H2,1H3. The van der Waals surface area contributed by atoms with Gasteiger partial charge in [0.25, 0.3) is 0 Å². The molecule has 2 rings (SSSR count). The van der Waals surface area contributed by atoms with E-state index in [0.29, 0.717) is 6.54 Å². The van der Waals surface area contributed by atoms with Crippen molar-refractivity contribution in [1.82, 2.24) is 0 Å². The number of halogens is 1. The Morgan fingerprint density at radius 3 is 3.00 bits per heavy atom. The average molecular weight is 216 g/mol. The highest BCUT2D eigenvalue weighted by Gasteiger charge is 2.27. The Morgan fingerprint density at radius 1 is 1.62 bits per heavy atom. The van der Waals surface area contributed by atoms with Crippen LogP contribution in [-0.4, -0.2) is 0 Å². The number of rotatable bonds is 2. The van der Waals surface area contributed by atoms with Crippen LogP contribution in [0.4, 0.5) is 0 Å². The highest BCUT2D eigenvalue weighted by molar-refractivity contribution is 7.16. The fraction of sp³-hybridized carbons (Fsp3) is 0.600. The van der Waals surface area contributed by atoms with Gasteiger partial charge in [0.1, 0.15) is 0 Å². The monoisotopic (exact) mass is 215 g/mol. The molecule has 1 aromatic rings. The van der Waals surface area contributed by atoms with E-state index >= 15 is 0 Å². The van der Waals surface area contributed by atoms with Crippen LogP contribution in [0.25, 0.3) is 0 Å². The van der Waals surface area contributed by atoms with Crippen molar-refractivity contribution in [1.29, 1.82) is 0 Å².